The van der Waals surface area contributed by atoms with E-state index in [2.05, 4.69) is 31.3 Å². The standard InChI is InChI=1S/C14H23NS3/c1-2-6-12-13(9-16)18-14(15-12)10-17-11-7-4-3-5-8-11/h11,16H,2-10H2,1H3. The van der Waals surface area contributed by atoms with Crippen LogP contribution in [-0.2, 0) is 17.9 Å². The molecule has 4 heteroatoms. The van der Waals surface area contributed by atoms with E-state index in [-0.39, 0.29) is 0 Å². The van der Waals surface area contributed by atoms with E-state index in [9.17, 15) is 0 Å². The molecule has 0 unspecified atom stereocenters. The summed E-state index contributed by atoms with van der Waals surface area (Å²) in [5.41, 5.74) is 1.30. The van der Waals surface area contributed by atoms with E-state index in [0.29, 0.717) is 0 Å². The highest BCUT2D eigenvalue weighted by atomic mass is 32.2. The lowest BCUT2D eigenvalue weighted by Gasteiger charge is -2.20. The molecule has 1 fully saturated rings. The minimum atomic E-state index is 0.848. The van der Waals surface area contributed by atoms with Crippen LogP contribution < -0.4 is 0 Å². The van der Waals surface area contributed by atoms with Gasteiger partial charge in [0.1, 0.15) is 5.01 Å². The Morgan fingerprint density at radius 2 is 2.11 bits per heavy atom. The maximum absolute atomic E-state index is 4.80. The van der Waals surface area contributed by atoms with Crippen LogP contribution in [0, 0.1) is 0 Å². The fourth-order valence-corrected chi connectivity index (χ4v) is 5.17. The predicted molar refractivity (Wildman–Crippen MR) is 87.0 cm³/mol. The van der Waals surface area contributed by atoms with Crippen molar-refractivity contribution >= 4 is 35.7 Å². The summed E-state index contributed by atoms with van der Waals surface area (Å²) in [4.78, 5) is 6.19. The number of aryl methyl sites for hydroxylation is 1. The number of hydrogen-bond donors (Lipinski definition) is 1. The molecular formula is C14H23NS3. The van der Waals surface area contributed by atoms with Gasteiger partial charge in [0.2, 0.25) is 0 Å². The zero-order valence-corrected chi connectivity index (χ0v) is 13.7. The van der Waals surface area contributed by atoms with E-state index in [0.717, 1.165) is 23.2 Å². The Morgan fingerprint density at radius 1 is 1.33 bits per heavy atom. The molecule has 0 aromatic carbocycles. The van der Waals surface area contributed by atoms with Crippen LogP contribution in [0.3, 0.4) is 0 Å². The molecule has 1 aliphatic rings. The van der Waals surface area contributed by atoms with Crippen LogP contribution in [-0.4, -0.2) is 10.2 Å². The van der Waals surface area contributed by atoms with Crippen molar-refractivity contribution in [1.29, 1.82) is 0 Å². The third-order valence-electron chi connectivity index (χ3n) is 3.45. The SMILES string of the molecule is CCCc1nc(CSC2CCCCC2)sc1CS. The number of thiol groups is 1. The maximum atomic E-state index is 4.80. The van der Waals surface area contributed by atoms with Gasteiger partial charge in [-0.1, -0.05) is 32.6 Å². The second-order valence-corrected chi connectivity index (χ2v) is 7.73. The lowest BCUT2D eigenvalue weighted by atomic mass is 10.0. The molecular weight excluding hydrogens is 278 g/mol. The monoisotopic (exact) mass is 301 g/mol. The molecule has 102 valence electrons. The van der Waals surface area contributed by atoms with Gasteiger partial charge in [-0.3, -0.25) is 0 Å². The highest BCUT2D eigenvalue weighted by molar-refractivity contribution is 7.99. The van der Waals surface area contributed by atoms with Gasteiger partial charge in [-0.25, -0.2) is 4.98 Å². The molecule has 18 heavy (non-hydrogen) atoms. The molecule has 1 nitrogen and oxygen atoms in total. The van der Waals surface area contributed by atoms with Crippen LogP contribution in [0.15, 0.2) is 0 Å². The zero-order chi connectivity index (χ0) is 12.8. The average molecular weight is 302 g/mol. The molecule has 0 amide bonds. The molecule has 1 aromatic rings. The number of thiazole rings is 1. The molecule has 1 heterocycles. The van der Waals surface area contributed by atoms with Gasteiger partial charge in [0, 0.05) is 21.6 Å². The van der Waals surface area contributed by atoms with E-state index in [4.69, 9.17) is 4.98 Å². The first kappa shape index (κ1) is 14.7. The summed E-state index contributed by atoms with van der Waals surface area (Å²) in [6.45, 7) is 2.22. The van der Waals surface area contributed by atoms with Gasteiger partial charge in [0.25, 0.3) is 0 Å². The fraction of sp³-hybridized carbons (Fsp3) is 0.786. The second-order valence-electron chi connectivity index (χ2n) is 4.96. The second kappa shape index (κ2) is 7.81. The summed E-state index contributed by atoms with van der Waals surface area (Å²) in [5.74, 6) is 1.96. The third kappa shape index (κ3) is 4.17. The van der Waals surface area contributed by atoms with Crippen LogP contribution in [0.4, 0.5) is 0 Å². The topological polar surface area (TPSA) is 12.9 Å². The quantitative estimate of drug-likeness (QED) is 0.735. The zero-order valence-electron chi connectivity index (χ0n) is 11.2. The first-order chi connectivity index (χ1) is 8.83. The highest BCUT2D eigenvalue weighted by Gasteiger charge is 2.15. The van der Waals surface area contributed by atoms with E-state index in [1.807, 2.05) is 11.3 Å². The predicted octanol–water partition coefficient (Wildman–Crippen LogP) is 5.09. The van der Waals surface area contributed by atoms with E-state index in [1.165, 1.54) is 54.1 Å². The maximum Gasteiger partial charge on any atom is 0.103 e. The Bertz CT molecular complexity index is 356. The van der Waals surface area contributed by atoms with Crippen LogP contribution in [0.1, 0.15) is 61.0 Å². The summed E-state index contributed by atoms with van der Waals surface area (Å²) < 4.78 is 0. The lowest BCUT2D eigenvalue weighted by molar-refractivity contribution is 0.516. The highest BCUT2D eigenvalue weighted by Crippen LogP contribution is 2.32. The smallest absolute Gasteiger partial charge is 0.103 e. The van der Waals surface area contributed by atoms with Gasteiger partial charge < -0.3 is 0 Å². The van der Waals surface area contributed by atoms with E-state index >= 15 is 0 Å². The molecule has 1 aromatic heterocycles. The number of thioether (sulfide) groups is 1. The number of rotatable bonds is 6. The van der Waals surface area contributed by atoms with Crippen molar-refractivity contribution < 1.29 is 0 Å². The first-order valence-electron chi connectivity index (χ1n) is 7.03. The lowest BCUT2D eigenvalue weighted by Crippen LogP contribution is -2.08. The van der Waals surface area contributed by atoms with Gasteiger partial charge in [-0.05, 0) is 19.3 Å². The Labute approximate surface area is 125 Å². The van der Waals surface area contributed by atoms with Gasteiger partial charge in [0.05, 0.1) is 5.69 Å². The molecule has 1 saturated carbocycles. The number of aromatic nitrogens is 1. The van der Waals surface area contributed by atoms with E-state index < -0.39 is 0 Å². The Hall–Kier alpha value is 0.330. The largest absolute Gasteiger partial charge is 0.245 e. The summed E-state index contributed by atoms with van der Waals surface area (Å²) in [6, 6.07) is 0. The molecule has 0 N–H and O–H groups in total. The molecule has 0 atom stereocenters. The van der Waals surface area contributed by atoms with Crippen molar-refractivity contribution in [2.45, 2.75) is 68.6 Å². The van der Waals surface area contributed by atoms with Gasteiger partial charge in [-0.15, -0.1) is 11.3 Å². The van der Waals surface area contributed by atoms with Crippen molar-refractivity contribution in [3.8, 4) is 0 Å². The molecule has 2 rings (SSSR count). The van der Waals surface area contributed by atoms with Crippen LogP contribution in [0.25, 0.3) is 0 Å². The molecule has 0 spiro atoms. The van der Waals surface area contributed by atoms with Crippen LogP contribution >= 0.6 is 35.7 Å². The van der Waals surface area contributed by atoms with Crippen molar-refractivity contribution in [1.82, 2.24) is 4.98 Å². The molecule has 0 saturated heterocycles. The van der Waals surface area contributed by atoms with Crippen molar-refractivity contribution in [3.63, 3.8) is 0 Å². The Kier molecular flexibility index (Phi) is 6.39. The summed E-state index contributed by atoms with van der Waals surface area (Å²) in [5, 5.41) is 2.20. The summed E-state index contributed by atoms with van der Waals surface area (Å²) in [7, 11) is 0. The van der Waals surface area contributed by atoms with Gasteiger partial charge in [-0.2, -0.15) is 24.4 Å². The number of hydrogen-bond acceptors (Lipinski definition) is 4. The van der Waals surface area contributed by atoms with Gasteiger partial charge in [0.15, 0.2) is 0 Å². The fourth-order valence-electron chi connectivity index (χ4n) is 2.48. The van der Waals surface area contributed by atoms with E-state index in [1.54, 1.807) is 0 Å². The third-order valence-corrected chi connectivity index (χ3v) is 6.64. The summed E-state index contributed by atoms with van der Waals surface area (Å²) in [6.07, 6.45) is 9.42. The summed E-state index contributed by atoms with van der Waals surface area (Å²) >= 11 is 8.42. The number of nitrogens with zero attached hydrogens (tertiary/aromatic N) is 1. The minimum absolute atomic E-state index is 0.848. The van der Waals surface area contributed by atoms with Crippen LogP contribution in [0.5, 0.6) is 0 Å². The molecule has 0 radical (unpaired) electrons. The Balaban J connectivity index is 1.88. The minimum Gasteiger partial charge on any atom is -0.245 e. The van der Waals surface area contributed by atoms with Gasteiger partial charge >= 0.3 is 0 Å². The molecule has 0 aliphatic heterocycles. The normalized spacial score (nSPS) is 17.2. The van der Waals surface area contributed by atoms with Crippen LogP contribution in [0.2, 0.25) is 0 Å². The first-order valence-corrected chi connectivity index (χ1v) is 9.53. The average Bonchev–Trinajstić information content (AvgIpc) is 2.80. The molecule has 1 aliphatic carbocycles. The van der Waals surface area contributed by atoms with Crippen molar-refractivity contribution in [2.75, 3.05) is 0 Å². The molecule has 0 bridgehead atoms. The van der Waals surface area contributed by atoms with Crippen molar-refractivity contribution in [2.24, 2.45) is 0 Å². The Morgan fingerprint density at radius 3 is 2.78 bits per heavy atom. The van der Waals surface area contributed by atoms with Crippen molar-refractivity contribution in [3.05, 3.63) is 15.6 Å².